The van der Waals surface area contributed by atoms with E-state index in [1.807, 2.05) is 11.4 Å². The first-order chi connectivity index (χ1) is 10.1. The predicted octanol–water partition coefficient (Wildman–Crippen LogP) is 4.73. The van der Waals surface area contributed by atoms with Crippen LogP contribution in [0.5, 0.6) is 0 Å². The molecule has 4 nitrogen and oxygen atoms in total. The van der Waals surface area contributed by atoms with Gasteiger partial charge in [-0.3, -0.25) is 9.89 Å². The Bertz CT molecular complexity index is 884. The number of carbonyl (C=O) groups is 1. The SMILES string of the molecule is O=C1c2sccc2-c2[nH]nc(Nc3ccc(Cl)cc3Cl)c21. The number of halogens is 2. The number of fused-ring (bicyclic) bond motifs is 3. The van der Waals surface area contributed by atoms with Crippen molar-refractivity contribution in [3.05, 3.63) is 50.1 Å². The minimum Gasteiger partial charge on any atom is -0.337 e. The molecule has 0 saturated carbocycles. The van der Waals surface area contributed by atoms with Gasteiger partial charge in [0.25, 0.3) is 0 Å². The van der Waals surface area contributed by atoms with Gasteiger partial charge in [-0.1, -0.05) is 23.2 Å². The molecule has 4 rings (SSSR count). The number of benzene rings is 1. The Hall–Kier alpha value is -1.82. The van der Waals surface area contributed by atoms with E-state index in [4.69, 9.17) is 23.2 Å². The largest absolute Gasteiger partial charge is 0.337 e. The van der Waals surface area contributed by atoms with Crippen LogP contribution in [0.15, 0.2) is 29.6 Å². The number of aromatic nitrogens is 2. The molecule has 104 valence electrons. The van der Waals surface area contributed by atoms with Gasteiger partial charge in [0.1, 0.15) is 0 Å². The van der Waals surface area contributed by atoms with Gasteiger partial charge in [0, 0.05) is 10.6 Å². The van der Waals surface area contributed by atoms with Gasteiger partial charge in [-0.05, 0) is 29.6 Å². The highest BCUT2D eigenvalue weighted by molar-refractivity contribution is 7.13. The highest BCUT2D eigenvalue weighted by Gasteiger charge is 2.33. The molecular formula is C14H7Cl2N3OS. The van der Waals surface area contributed by atoms with Crippen LogP contribution in [-0.4, -0.2) is 16.0 Å². The molecule has 0 bridgehead atoms. The van der Waals surface area contributed by atoms with Crippen molar-refractivity contribution in [3.63, 3.8) is 0 Å². The number of thiophene rings is 1. The zero-order valence-corrected chi connectivity index (χ0v) is 12.7. The van der Waals surface area contributed by atoms with Crippen LogP contribution in [0.1, 0.15) is 15.2 Å². The van der Waals surface area contributed by atoms with Crippen molar-refractivity contribution < 1.29 is 4.79 Å². The summed E-state index contributed by atoms with van der Waals surface area (Å²) < 4.78 is 0. The van der Waals surface area contributed by atoms with E-state index in [9.17, 15) is 4.79 Å². The number of anilines is 2. The third kappa shape index (κ3) is 1.89. The fourth-order valence-corrected chi connectivity index (χ4v) is 3.66. The lowest BCUT2D eigenvalue weighted by Gasteiger charge is -2.06. The van der Waals surface area contributed by atoms with Crippen LogP contribution in [0.2, 0.25) is 10.0 Å². The predicted molar refractivity (Wildman–Crippen MR) is 85.1 cm³/mol. The molecule has 1 aliphatic carbocycles. The number of aromatic amines is 1. The van der Waals surface area contributed by atoms with E-state index < -0.39 is 0 Å². The highest BCUT2D eigenvalue weighted by Crippen LogP contribution is 2.42. The zero-order chi connectivity index (χ0) is 14.6. The fraction of sp³-hybridized carbons (Fsp3) is 0. The summed E-state index contributed by atoms with van der Waals surface area (Å²) >= 11 is 13.4. The second-order valence-electron chi connectivity index (χ2n) is 4.56. The summed E-state index contributed by atoms with van der Waals surface area (Å²) in [6.45, 7) is 0. The van der Waals surface area contributed by atoms with E-state index in [1.165, 1.54) is 11.3 Å². The first kappa shape index (κ1) is 12.9. The topological polar surface area (TPSA) is 57.8 Å². The lowest BCUT2D eigenvalue weighted by molar-refractivity contribution is 0.104. The lowest BCUT2D eigenvalue weighted by atomic mass is 10.2. The summed E-state index contributed by atoms with van der Waals surface area (Å²) in [5.41, 5.74) is 2.87. The van der Waals surface area contributed by atoms with Crippen molar-refractivity contribution in [1.29, 1.82) is 0 Å². The summed E-state index contributed by atoms with van der Waals surface area (Å²) in [6, 6.07) is 7.03. The Morgan fingerprint density at radius 2 is 2.10 bits per heavy atom. The maximum absolute atomic E-state index is 12.4. The summed E-state index contributed by atoms with van der Waals surface area (Å²) in [5.74, 6) is 0.457. The van der Waals surface area contributed by atoms with Crippen LogP contribution in [0.3, 0.4) is 0 Å². The lowest BCUT2D eigenvalue weighted by Crippen LogP contribution is -2.00. The van der Waals surface area contributed by atoms with E-state index in [0.717, 1.165) is 16.1 Å². The first-order valence-corrected chi connectivity index (χ1v) is 7.71. The highest BCUT2D eigenvalue weighted by atomic mass is 35.5. The summed E-state index contributed by atoms with van der Waals surface area (Å²) in [7, 11) is 0. The Morgan fingerprint density at radius 1 is 1.24 bits per heavy atom. The molecule has 2 N–H and O–H groups in total. The molecule has 0 fully saturated rings. The van der Waals surface area contributed by atoms with Crippen molar-refractivity contribution in [2.24, 2.45) is 0 Å². The molecule has 0 saturated heterocycles. The van der Waals surface area contributed by atoms with Crippen molar-refractivity contribution in [3.8, 4) is 11.3 Å². The summed E-state index contributed by atoms with van der Waals surface area (Å²) in [5, 5.41) is 13.1. The number of hydrogen-bond acceptors (Lipinski definition) is 4. The van der Waals surface area contributed by atoms with E-state index in [1.54, 1.807) is 18.2 Å². The van der Waals surface area contributed by atoms with Gasteiger partial charge in [0.15, 0.2) is 5.82 Å². The Morgan fingerprint density at radius 3 is 2.90 bits per heavy atom. The number of H-pyrrole nitrogens is 1. The van der Waals surface area contributed by atoms with Crippen molar-refractivity contribution in [1.82, 2.24) is 10.2 Å². The minimum absolute atomic E-state index is 0.0173. The van der Waals surface area contributed by atoms with Crippen LogP contribution in [-0.2, 0) is 0 Å². The Kier molecular flexibility index (Phi) is 2.82. The van der Waals surface area contributed by atoms with Gasteiger partial charge in [-0.15, -0.1) is 11.3 Å². The maximum Gasteiger partial charge on any atom is 0.209 e. The number of rotatable bonds is 2. The average molecular weight is 336 g/mol. The van der Waals surface area contributed by atoms with E-state index in [0.29, 0.717) is 27.1 Å². The minimum atomic E-state index is -0.0173. The molecule has 2 aromatic heterocycles. The van der Waals surface area contributed by atoms with Crippen LogP contribution >= 0.6 is 34.5 Å². The van der Waals surface area contributed by atoms with Gasteiger partial charge in [0.05, 0.1) is 26.8 Å². The van der Waals surface area contributed by atoms with Crippen LogP contribution in [0.25, 0.3) is 11.3 Å². The molecule has 0 amide bonds. The molecule has 7 heteroatoms. The maximum atomic E-state index is 12.4. The summed E-state index contributed by atoms with van der Waals surface area (Å²) in [6.07, 6.45) is 0. The average Bonchev–Trinajstić information content (AvgIpc) is 3.11. The number of ketones is 1. The monoisotopic (exact) mass is 335 g/mol. The quantitative estimate of drug-likeness (QED) is 0.556. The first-order valence-electron chi connectivity index (χ1n) is 6.08. The zero-order valence-electron chi connectivity index (χ0n) is 10.4. The number of carbonyl (C=O) groups excluding carboxylic acids is 1. The van der Waals surface area contributed by atoms with E-state index in [-0.39, 0.29) is 5.78 Å². The molecule has 1 aliphatic rings. The van der Waals surface area contributed by atoms with Crippen molar-refractivity contribution in [2.75, 3.05) is 5.32 Å². The van der Waals surface area contributed by atoms with Gasteiger partial charge >= 0.3 is 0 Å². The molecule has 3 aromatic rings. The molecule has 2 heterocycles. The molecular weight excluding hydrogens is 329 g/mol. The van der Waals surface area contributed by atoms with E-state index in [2.05, 4.69) is 15.5 Å². The van der Waals surface area contributed by atoms with Crippen molar-refractivity contribution >= 4 is 51.8 Å². The molecule has 0 atom stereocenters. The van der Waals surface area contributed by atoms with Gasteiger partial charge in [0.2, 0.25) is 5.78 Å². The van der Waals surface area contributed by atoms with E-state index >= 15 is 0 Å². The Balaban J connectivity index is 1.77. The van der Waals surface area contributed by atoms with Crippen LogP contribution < -0.4 is 5.32 Å². The van der Waals surface area contributed by atoms with Crippen molar-refractivity contribution in [2.45, 2.75) is 0 Å². The molecule has 0 spiro atoms. The molecule has 0 aliphatic heterocycles. The van der Waals surface area contributed by atoms with Gasteiger partial charge < -0.3 is 5.32 Å². The second-order valence-corrected chi connectivity index (χ2v) is 6.32. The normalized spacial score (nSPS) is 12.4. The van der Waals surface area contributed by atoms with Gasteiger partial charge in [-0.25, -0.2) is 0 Å². The molecule has 0 radical (unpaired) electrons. The number of nitrogens with zero attached hydrogens (tertiary/aromatic N) is 1. The standard InChI is InChI=1S/C14H7Cl2N3OS/c15-6-1-2-9(8(16)5-6)17-14-10-11(18-19-14)7-3-4-21-13(7)12(10)20/h1-5H,(H2,17,18,19). The Labute approximate surface area is 133 Å². The molecule has 0 unspecified atom stereocenters. The van der Waals surface area contributed by atoms with Crippen LogP contribution in [0.4, 0.5) is 11.5 Å². The molecule has 1 aromatic carbocycles. The number of nitrogens with one attached hydrogen (secondary N) is 2. The molecule has 21 heavy (non-hydrogen) atoms. The third-order valence-electron chi connectivity index (χ3n) is 3.32. The number of hydrogen-bond donors (Lipinski definition) is 2. The summed E-state index contributed by atoms with van der Waals surface area (Å²) in [4.78, 5) is 13.2. The second kappa shape index (κ2) is 4.59. The smallest absolute Gasteiger partial charge is 0.209 e. The third-order valence-corrected chi connectivity index (χ3v) is 4.78. The van der Waals surface area contributed by atoms with Gasteiger partial charge in [-0.2, -0.15) is 5.10 Å². The fourth-order valence-electron chi connectivity index (χ4n) is 2.36. The van der Waals surface area contributed by atoms with Crippen LogP contribution in [0, 0.1) is 0 Å².